The summed E-state index contributed by atoms with van der Waals surface area (Å²) in [6, 6.07) is 9.51. The minimum atomic E-state index is -4.40. The molecule has 150 valence electrons. The fourth-order valence-corrected chi connectivity index (χ4v) is 2.80. The molecule has 1 heterocycles. The Hall–Kier alpha value is -2.74. The van der Waals surface area contributed by atoms with Crippen molar-refractivity contribution in [2.24, 2.45) is 0 Å². The number of anilines is 1. The Morgan fingerprint density at radius 2 is 1.75 bits per heavy atom. The highest BCUT2D eigenvalue weighted by Gasteiger charge is 2.30. The number of fused-ring (bicyclic) bond motifs is 1. The lowest BCUT2D eigenvalue weighted by Crippen LogP contribution is -2.39. The molecular weight excluding hydrogens is 373 g/mol. The lowest BCUT2D eigenvalue weighted by molar-refractivity contribution is -0.137. The van der Waals surface area contributed by atoms with Crippen LogP contribution in [0.1, 0.15) is 18.1 Å². The van der Waals surface area contributed by atoms with Crippen molar-refractivity contribution in [2.75, 3.05) is 25.6 Å². The zero-order valence-electron chi connectivity index (χ0n) is 15.5. The Morgan fingerprint density at radius 1 is 1.11 bits per heavy atom. The van der Waals surface area contributed by atoms with Crippen LogP contribution >= 0.6 is 0 Å². The number of ether oxygens (including phenoxy) is 2. The van der Waals surface area contributed by atoms with E-state index in [0.29, 0.717) is 36.9 Å². The summed E-state index contributed by atoms with van der Waals surface area (Å²) in [7, 11) is 1.80. The average Bonchev–Trinajstić information content (AvgIpc) is 2.67. The monoisotopic (exact) mass is 394 g/mol. The molecule has 0 aliphatic carbocycles. The van der Waals surface area contributed by atoms with Gasteiger partial charge >= 0.3 is 6.18 Å². The van der Waals surface area contributed by atoms with Gasteiger partial charge in [-0.05, 0) is 55.9 Å². The van der Waals surface area contributed by atoms with Gasteiger partial charge in [0.15, 0.2) is 11.5 Å². The molecule has 0 bridgehead atoms. The number of rotatable bonds is 5. The number of carbonyl (C=O) groups excluding carboxylic acids is 1. The maximum atomic E-state index is 12.6. The van der Waals surface area contributed by atoms with E-state index in [1.54, 1.807) is 14.0 Å². The van der Waals surface area contributed by atoms with Crippen molar-refractivity contribution < 1.29 is 27.4 Å². The van der Waals surface area contributed by atoms with E-state index in [-0.39, 0.29) is 5.91 Å². The van der Waals surface area contributed by atoms with Crippen LogP contribution in [0.2, 0.25) is 0 Å². The second kappa shape index (κ2) is 8.10. The Kier molecular flexibility index (Phi) is 5.79. The topological polar surface area (TPSA) is 50.8 Å². The molecule has 1 unspecified atom stereocenters. The zero-order chi connectivity index (χ0) is 20.3. The van der Waals surface area contributed by atoms with E-state index in [1.807, 2.05) is 23.1 Å². The van der Waals surface area contributed by atoms with Crippen molar-refractivity contribution in [1.82, 2.24) is 4.90 Å². The summed E-state index contributed by atoms with van der Waals surface area (Å²) in [5, 5.41) is 2.64. The summed E-state index contributed by atoms with van der Waals surface area (Å²) < 4.78 is 48.9. The van der Waals surface area contributed by atoms with Gasteiger partial charge in [-0.25, -0.2) is 0 Å². The van der Waals surface area contributed by atoms with Gasteiger partial charge in [0.25, 0.3) is 0 Å². The molecule has 8 heteroatoms. The molecule has 0 aromatic heterocycles. The fourth-order valence-electron chi connectivity index (χ4n) is 2.80. The molecular formula is C20H21F3N2O3. The summed E-state index contributed by atoms with van der Waals surface area (Å²) in [5.41, 5.74) is 0.521. The van der Waals surface area contributed by atoms with Gasteiger partial charge in [-0.1, -0.05) is 6.07 Å². The summed E-state index contributed by atoms with van der Waals surface area (Å²) >= 11 is 0. The van der Waals surface area contributed by atoms with Crippen LogP contribution in [-0.2, 0) is 17.5 Å². The molecule has 0 saturated carbocycles. The van der Waals surface area contributed by atoms with Crippen molar-refractivity contribution in [2.45, 2.75) is 25.7 Å². The maximum absolute atomic E-state index is 12.6. The third kappa shape index (κ3) is 4.75. The molecule has 1 atom stereocenters. The molecule has 28 heavy (non-hydrogen) atoms. The van der Waals surface area contributed by atoms with Gasteiger partial charge in [-0.3, -0.25) is 9.69 Å². The summed E-state index contributed by atoms with van der Waals surface area (Å²) in [5.74, 6) is 1.07. The smallest absolute Gasteiger partial charge is 0.416 e. The SMILES string of the molecule is CC(C(=O)Nc1ccc(C(F)(F)F)cc1)N(C)Cc1ccc2c(c1)OCCO2. The van der Waals surface area contributed by atoms with Crippen LogP contribution in [0.5, 0.6) is 11.5 Å². The minimum Gasteiger partial charge on any atom is -0.486 e. The van der Waals surface area contributed by atoms with Crippen LogP contribution in [0.4, 0.5) is 18.9 Å². The normalized spacial score (nSPS) is 14.6. The van der Waals surface area contributed by atoms with Crippen molar-refractivity contribution >= 4 is 11.6 Å². The number of carbonyl (C=O) groups is 1. The molecule has 2 aromatic carbocycles. The van der Waals surface area contributed by atoms with E-state index in [2.05, 4.69) is 5.32 Å². The Morgan fingerprint density at radius 3 is 2.39 bits per heavy atom. The fraction of sp³-hybridized carbons (Fsp3) is 0.350. The van der Waals surface area contributed by atoms with Crippen LogP contribution in [0.25, 0.3) is 0 Å². The first-order valence-electron chi connectivity index (χ1n) is 8.81. The number of likely N-dealkylation sites (N-methyl/N-ethyl adjacent to an activating group) is 1. The molecule has 0 saturated heterocycles. The van der Waals surface area contributed by atoms with Crippen molar-refractivity contribution in [1.29, 1.82) is 0 Å². The second-order valence-electron chi connectivity index (χ2n) is 6.63. The van der Waals surface area contributed by atoms with Crippen LogP contribution in [-0.4, -0.2) is 37.1 Å². The average molecular weight is 394 g/mol. The highest BCUT2D eigenvalue weighted by atomic mass is 19.4. The Balaban J connectivity index is 1.59. The predicted molar refractivity (Wildman–Crippen MR) is 98.4 cm³/mol. The highest BCUT2D eigenvalue weighted by Crippen LogP contribution is 2.31. The summed E-state index contributed by atoms with van der Waals surface area (Å²) in [6.07, 6.45) is -4.40. The first-order chi connectivity index (χ1) is 13.2. The number of hydrogen-bond acceptors (Lipinski definition) is 4. The minimum absolute atomic E-state index is 0.306. The maximum Gasteiger partial charge on any atom is 0.416 e. The number of alkyl halides is 3. The lowest BCUT2D eigenvalue weighted by Gasteiger charge is -2.25. The van der Waals surface area contributed by atoms with Gasteiger partial charge < -0.3 is 14.8 Å². The van der Waals surface area contributed by atoms with Crippen LogP contribution in [0, 0.1) is 0 Å². The van der Waals surface area contributed by atoms with E-state index in [0.717, 1.165) is 17.7 Å². The van der Waals surface area contributed by atoms with E-state index < -0.39 is 17.8 Å². The molecule has 0 fully saturated rings. The molecule has 5 nitrogen and oxygen atoms in total. The molecule has 3 rings (SSSR count). The molecule has 1 amide bonds. The molecule has 0 spiro atoms. The number of amides is 1. The third-order valence-corrected chi connectivity index (χ3v) is 4.56. The van der Waals surface area contributed by atoms with Gasteiger partial charge in [0.2, 0.25) is 5.91 Å². The summed E-state index contributed by atoms with van der Waals surface area (Å²) in [4.78, 5) is 14.3. The van der Waals surface area contributed by atoms with Crippen LogP contribution < -0.4 is 14.8 Å². The van der Waals surface area contributed by atoms with E-state index in [1.165, 1.54) is 12.1 Å². The molecule has 0 radical (unpaired) electrons. The quantitative estimate of drug-likeness (QED) is 0.835. The standard InChI is InChI=1S/C20H21F3N2O3/c1-13(19(26)24-16-6-4-15(5-7-16)20(21,22)23)25(2)12-14-3-8-17-18(11-14)28-10-9-27-17/h3-8,11,13H,9-10,12H2,1-2H3,(H,24,26). The van der Waals surface area contributed by atoms with Crippen LogP contribution in [0.15, 0.2) is 42.5 Å². The number of nitrogens with zero attached hydrogens (tertiary/aromatic N) is 1. The number of benzene rings is 2. The second-order valence-corrected chi connectivity index (χ2v) is 6.63. The number of halogens is 3. The molecule has 1 N–H and O–H groups in total. The van der Waals surface area contributed by atoms with Gasteiger partial charge in [-0.2, -0.15) is 13.2 Å². The largest absolute Gasteiger partial charge is 0.486 e. The van der Waals surface area contributed by atoms with Gasteiger partial charge in [0.1, 0.15) is 13.2 Å². The lowest BCUT2D eigenvalue weighted by atomic mass is 10.1. The first kappa shape index (κ1) is 20.0. The first-order valence-corrected chi connectivity index (χ1v) is 8.81. The van der Waals surface area contributed by atoms with Crippen molar-refractivity contribution in [3.8, 4) is 11.5 Å². The predicted octanol–water partition coefficient (Wildman–Crippen LogP) is 3.94. The Bertz CT molecular complexity index is 838. The van der Waals surface area contributed by atoms with Gasteiger partial charge in [-0.15, -0.1) is 0 Å². The van der Waals surface area contributed by atoms with Gasteiger partial charge in [0.05, 0.1) is 11.6 Å². The Labute approximate surface area is 161 Å². The third-order valence-electron chi connectivity index (χ3n) is 4.56. The van der Waals surface area contributed by atoms with Gasteiger partial charge in [0, 0.05) is 12.2 Å². The zero-order valence-corrected chi connectivity index (χ0v) is 15.5. The number of hydrogen-bond donors (Lipinski definition) is 1. The van der Waals surface area contributed by atoms with Crippen molar-refractivity contribution in [3.05, 3.63) is 53.6 Å². The van der Waals surface area contributed by atoms with E-state index in [4.69, 9.17) is 9.47 Å². The number of nitrogens with one attached hydrogen (secondary N) is 1. The van der Waals surface area contributed by atoms with Crippen LogP contribution in [0.3, 0.4) is 0 Å². The molecule has 1 aliphatic rings. The van der Waals surface area contributed by atoms with Crippen molar-refractivity contribution in [3.63, 3.8) is 0 Å². The highest BCUT2D eigenvalue weighted by molar-refractivity contribution is 5.94. The molecule has 1 aliphatic heterocycles. The summed E-state index contributed by atoms with van der Waals surface area (Å²) in [6.45, 7) is 3.25. The van der Waals surface area contributed by atoms with E-state index in [9.17, 15) is 18.0 Å². The van der Waals surface area contributed by atoms with E-state index >= 15 is 0 Å². The molecule has 2 aromatic rings.